The van der Waals surface area contributed by atoms with Gasteiger partial charge in [0.2, 0.25) is 0 Å². The van der Waals surface area contributed by atoms with E-state index in [9.17, 15) is 20.1 Å². The molecule has 0 saturated heterocycles. The van der Waals surface area contributed by atoms with Crippen molar-refractivity contribution in [2.24, 2.45) is 40.4 Å². The van der Waals surface area contributed by atoms with Crippen LogP contribution in [0.2, 0.25) is 0 Å². The Hall–Kier alpha value is -0.610. The normalized spacial score (nSPS) is 51.6. The summed E-state index contributed by atoms with van der Waals surface area (Å²) in [7, 11) is 0. The van der Waals surface area contributed by atoms with Gasteiger partial charge in [-0.2, -0.15) is 0 Å². The van der Waals surface area contributed by atoms with Crippen LogP contribution in [0.5, 0.6) is 0 Å². The topological polar surface area (TPSA) is 77.8 Å². The number of hydrogen-bond acceptors (Lipinski definition) is 3. The summed E-state index contributed by atoms with van der Waals surface area (Å²) in [6, 6.07) is 0. The fraction of sp³-hybridized carbons (Fsp3) is 0.957. The number of fused-ring (bicyclic) bond motifs is 5. The molecule has 0 aromatic heterocycles. The molecule has 27 heavy (non-hydrogen) atoms. The molecule has 4 heteroatoms. The van der Waals surface area contributed by atoms with Crippen LogP contribution in [-0.2, 0) is 4.79 Å². The largest absolute Gasteiger partial charge is 0.481 e. The van der Waals surface area contributed by atoms with Crippen LogP contribution in [0.4, 0.5) is 0 Å². The molecule has 4 nitrogen and oxygen atoms in total. The van der Waals surface area contributed by atoms with Gasteiger partial charge in [-0.05, 0) is 105 Å². The predicted octanol–water partition coefficient (Wildman–Crippen LogP) is 4.23. The van der Waals surface area contributed by atoms with E-state index in [0.717, 1.165) is 44.4 Å². The first kappa shape index (κ1) is 19.7. The van der Waals surface area contributed by atoms with Gasteiger partial charge in [-0.15, -0.1) is 0 Å². The number of carbonyl (C=O) groups is 1. The quantitative estimate of drug-likeness (QED) is 0.687. The molecule has 0 amide bonds. The van der Waals surface area contributed by atoms with Crippen molar-refractivity contribution in [2.45, 2.75) is 96.7 Å². The van der Waals surface area contributed by atoms with Crippen molar-refractivity contribution < 1.29 is 20.1 Å². The molecule has 4 fully saturated rings. The summed E-state index contributed by atoms with van der Waals surface area (Å²) in [5.41, 5.74) is -0.680. The molecule has 154 valence electrons. The zero-order chi connectivity index (χ0) is 19.6. The fourth-order valence-corrected chi connectivity index (χ4v) is 8.69. The van der Waals surface area contributed by atoms with Gasteiger partial charge in [0.15, 0.2) is 0 Å². The van der Waals surface area contributed by atoms with E-state index in [1.807, 2.05) is 0 Å². The third-order valence-electron chi connectivity index (χ3n) is 9.90. The van der Waals surface area contributed by atoms with E-state index in [1.165, 1.54) is 19.3 Å². The van der Waals surface area contributed by atoms with Gasteiger partial charge in [0.1, 0.15) is 0 Å². The Bertz CT molecular complexity index is 601. The molecule has 0 aromatic carbocycles. The minimum atomic E-state index is -1.11. The Morgan fingerprint density at radius 3 is 2.37 bits per heavy atom. The SMILES string of the molecule is C[C@]12CC[C@H](O)C[C@@H]1CC[C@@H]1[C@@H]2CC[C@@]2(C)[C@H]1CC[C@@H]2[C@](C)(O)CC(=O)O. The number of aliphatic carboxylic acids is 1. The van der Waals surface area contributed by atoms with Crippen molar-refractivity contribution in [1.29, 1.82) is 0 Å². The Morgan fingerprint density at radius 1 is 1.00 bits per heavy atom. The first-order chi connectivity index (χ1) is 12.6. The van der Waals surface area contributed by atoms with Crippen LogP contribution >= 0.6 is 0 Å². The van der Waals surface area contributed by atoms with Crippen LogP contribution in [0, 0.1) is 40.4 Å². The lowest BCUT2D eigenvalue weighted by Gasteiger charge is -2.61. The Balaban J connectivity index is 1.58. The second kappa shape index (κ2) is 6.45. The van der Waals surface area contributed by atoms with Crippen LogP contribution in [-0.4, -0.2) is 33.0 Å². The highest BCUT2D eigenvalue weighted by Gasteiger charge is 2.62. The number of hydrogen-bond donors (Lipinski definition) is 3. The van der Waals surface area contributed by atoms with Gasteiger partial charge in [-0.25, -0.2) is 0 Å². The molecule has 4 aliphatic rings. The Morgan fingerprint density at radius 2 is 1.67 bits per heavy atom. The standard InChI is InChI=1S/C23H38O4/c1-21-10-8-15(24)12-14(21)4-5-16-17-6-7-19(23(3,27)13-20(25)26)22(17,2)11-9-18(16)21/h14-19,24,27H,4-13H2,1-3H3,(H,25,26)/t14-,15-,16-,17-,18-,19-,21-,22-,23+/m0/s1. The van der Waals surface area contributed by atoms with E-state index in [1.54, 1.807) is 6.92 Å². The van der Waals surface area contributed by atoms with E-state index >= 15 is 0 Å². The van der Waals surface area contributed by atoms with Crippen molar-refractivity contribution in [3.05, 3.63) is 0 Å². The summed E-state index contributed by atoms with van der Waals surface area (Å²) in [5, 5.41) is 30.5. The molecule has 0 bridgehead atoms. The first-order valence-electron chi connectivity index (χ1n) is 11.2. The zero-order valence-electron chi connectivity index (χ0n) is 17.3. The zero-order valence-corrected chi connectivity index (χ0v) is 17.3. The maximum absolute atomic E-state index is 11.3. The van der Waals surface area contributed by atoms with E-state index in [-0.39, 0.29) is 23.9 Å². The lowest BCUT2D eigenvalue weighted by Crippen LogP contribution is -2.55. The smallest absolute Gasteiger partial charge is 0.306 e. The number of aliphatic hydroxyl groups is 2. The van der Waals surface area contributed by atoms with Gasteiger partial charge in [0.25, 0.3) is 0 Å². The van der Waals surface area contributed by atoms with E-state index in [2.05, 4.69) is 13.8 Å². The first-order valence-corrected chi connectivity index (χ1v) is 11.2. The molecule has 0 heterocycles. The second-order valence-corrected chi connectivity index (χ2v) is 11.2. The summed E-state index contributed by atoms with van der Waals surface area (Å²) < 4.78 is 0. The minimum absolute atomic E-state index is 0.0670. The third kappa shape index (κ3) is 2.97. The number of aliphatic hydroxyl groups excluding tert-OH is 1. The van der Waals surface area contributed by atoms with Gasteiger partial charge in [-0.1, -0.05) is 13.8 Å². The summed E-state index contributed by atoms with van der Waals surface area (Å²) in [6.45, 7) is 6.60. The highest BCUT2D eigenvalue weighted by atomic mass is 16.4. The highest BCUT2D eigenvalue weighted by Crippen LogP contribution is 2.68. The van der Waals surface area contributed by atoms with Gasteiger partial charge < -0.3 is 15.3 Å². The molecule has 4 saturated carbocycles. The van der Waals surface area contributed by atoms with Crippen LogP contribution in [0.15, 0.2) is 0 Å². The molecular formula is C23H38O4. The van der Waals surface area contributed by atoms with Crippen molar-refractivity contribution in [1.82, 2.24) is 0 Å². The molecule has 9 atom stereocenters. The highest BCUT2D eigenvalue weighted by molar-refractivity contribution is 5.68. The van der Waals surface area contributed by atoms with Gasteiger partial charge in [-0.3, -0.25) is 4.79 Å². The molecule has 0 unspecified atom stereocenters. The molecule has 4 rings (SSSR count). The van der Waals surface area contributed by atoms with Crippen LogP contribution < -0.4 is 0 Å². The average Bonchev–Trinajstić information content (AvgIpc) is 2.92. The number of carboxylic acids is 1. The maximum atomic E-state index is 11.3. The Labute approximate surface area is 163 Å². The summed E-state index contributed by atoms with van der Waals surface area (Å²) in [5.74, 6) is 1.93. The minimum Gasteiger partial charge on any atom is -0.481 e. The number of rotatable bonds is 3. The monoisotopic (exact) mass is 378 g/mol. The van der Waals surface area contributed by atoms with Gasteiger partial charge in [0.05, 0.1) is 18.1 Å². The summed E-state index contributed by atoms with van der Waals surface area (Å²) >= 11 is 0. The van der Waals surface area contributed by atoms with Crippen molar-refractivity contribution in [3.63, 3.8) is 0 Å². The lowest BCUT2D eigenvalue weighted by molar-refractivity contribution is -0.156. The van der Waals surface area contributed by atoms with Crippen LogP contribution in [0.25, 0.3) is 0 Å². The van der Waals surface area contributed by atoms with Crippen LogP contribution in [0.3, 0.4) is 0 Å². The Kier molecular flexibility index (Phi) is 4.71. The molecule has 0 spiro atoms. The van der Waals surface area contributed by atoms with Crippen molar-refractivity contribution in [2.75, 3.05) is 0 Å². The average molecular weight is 379 g/mol. The fourth-order valence-electron chi connectivity index (χ4n) is 8.69. The summed E-state index contributed by atoms with van der Waals surface area (Å²) in [6.07, 6.45) is 9.76. The lowest BCUT2D eigenvalue weighted by atomic mass is 9.44. The van der Waals surface area contributed by atoms with E-state index < -0.39 is 11.6 Å². The molecule has 3 N–H and O–H groups in total. The van der Waals surface area contributed by atoms with Crippen LogP contribution in [0.1, 0.15) is 85.0 Å². The third-order valence-corrected chi connectivity index (χ3v) is 9.90. The van der Waals surface area contributed by atoms with Gasteiger partial charge in [0, 0.05) is 0 Å². The predicted molar refractivity (Wildman–Crippen MR) is 104 cm³/mol. The molecule has 0 aromatic rings. The molecular weight excluding hydrogens is 340 g/mol. The maximum Gasteiger partial charge on any atom is 0.306 e. The second-order valence-electron chi connectivity index (χ2n) is 11.2. The van der Waals surface area contributed by atoms with E-state index in [4.69, 9.17) is 0 Å². The molecule has 4 aliphatic carbocycles. The van der Waals surface area contributed by atoms with Crippen molar-refractivity contribution in [3.8, 4) is 0 Å². The summed E-state index contributed by atoms with van der Waals surface area (Å²) in [4.78, 5) is 11.3. The number of carboxylic acid groups (broad SMARTS) is 1. The van der Waals surface area contributed by atoms with Gasteiger partial charge >= 0.3 is 5.97 Å². The molecule has 0 radical (unpaired) electrons. The van der Waals surface area contributed by atoms with E-state index in [0.29, 0.717) is 23.2 Å². The molecule has 0 aliphatic heterocycles. The van der Waals surface area contributed by atoms with Crippen molar-refractivity contribution >= 4 is 5.97 Å².